The average Bonchev–Trinajstić information content (AvgIpc) is 2.84. The maximum atomic E-state index is 5.77. The molecule has 0 saturated carbocycles. The van der Waals surface area contributed by atoms with Crippen LogP contribution < -0.4 is 5.23 Å². The molecule has 0 radical (unpaired) electrons. The minimum Gasteiger partial charge on any atom is -0.419 e. The Hall–Kier alpha value is -1.58. The van der Waals surface area contributed by atoms with E-state index in [4.69, 9.17) is 4.65 Å². The summed E-state index contributed by atoms with van der Waals surface area (Å²) in [6.45, 7) is 2.72. The lowest BCUT2D eigenvalue weighted by Gasteiger charge is -2.30. The van der Waals surface area contributed by atoms with E-state index in [-0.39, 0.29) is 12.6 Å². The van der Waals surface area contributed by atoms with E-state index in [0.717, 1.165) is 0 Å². The zero-order chi connectivity index (χ0) is 12.4. The second kappa shape index (κ2) is 4.60. The summed E-state index contributed by atoms with van der Waals surface area (Å²) in [4.78, 5) is 0. The fourth-order valence-electron chi connectivity index (χ4n) is 2.63. The van der Waals surface area contributed by atoms with Crippen LogP contribution in [-0.4, -0.2) is 13.7 Å². The topological polar surface area (TPSA) is 21.3 Å². The molecule has 2 aromatic rings. The Morgan fingerprint density at radius 1 is 0.944 bits per heavy atom. The van der Waals surface area contributed by atoms with Crippen molar-refractivity contribution in [2.75, 3.05) is 6.61 Å². The van der Waals surface area contributed by atoms with Gasteiger partial charge < -0.3 is 9.88 Å². The number of rotatable bonds is 2. The Morgan fingerprint density at radius 2 is 1.44 bits per heavy atom. The van der Waals surface area contributed by atoms with Gasteiger partial charge in [-0.25, -0.2) is 0 Å². The Balaban J connectivity index is 2.11. The highest BCUT2D eigenvalue weighted by molar-refractivity contribution is 6.48. The second-order valence-electron chi connectivity index (χ2n) is 4.73. The summed E-state index contributed by atoms with van der Waals surface area (Å²) in [6.07, 6.45) is 0. The van der Waals surface area contributed by atoms with E-state index in [0.29, 0.717) is 6.61 Å². The van der Waals surface area contributed by atoms with Crippen LogP contribution in [0.4, 0.5) is 0 Å². The minimum atomic E-state index is -0.220. The van der Waals surface area contributed by atoms with Gasteiger partial charge >= 0.3 is 7.05 Å². The first-order valence-corrected chi connectivity index (χ1v) is 6.32. The number of hydrogen-bond acceptors (Lipinski definition) is 2. The largest absolute Gasteiger partial charge is 0.419 e. The predicted octanol–water partition coefficient (Wildman–Crippen LogP) is 2.67. The first-order chi connectivity index (χ1) is 8.81. The number of benzene rings is 2. The summed E-state index contributed by atoms with van der Waals surface area (Å²) in [5.41, 5.74) is 2.28. The Bertz CT molecular complexity index is 475. The molecule has 18 heavy (non-hydrogen) atoms. The van der Waals surface area contributed by atoms with Gasteiger partial charge in [-0.05, 0) is 17.9 Å². The van der Waals surface area contributed by atoms with Crippen molar-refractivity contribution in [2.45, 2.75) is 12.4 Å². The van der Waals surface area contributed by atoms with E-state index < -0.39 is 0 Å². The highest BCUT2D eigenvalue weighted by atomic mass is 16.5. The van der Waals surface area contributed by atoms with Gasteiger partial charge in [0.25, 0.3) is 0 Å². The maximum absolute atomic E-state index is 5.77. The minimum absolute atomic E-state index is 0.0745. The highest BCUT2D eigenvalue weighted by Crippen LogP contribution is 2.33. The van der Waals surface area contributed by atoms with Gasteiger partial charge in [0, 0.05) is 0 Å². The van der Waals surface area contributed by atoms with E-state index in [9.17, 15) is 0 Å². The van der Waals surface area contributed by atoms with Gasteiger partial charge in [0.1, 0.15) is 0 Å². The lowest BCUT2D eigenvalue weighted by molar-refractivity contribution is 0.301. The predicted molar refractivity (Wildman–Crippen MR) is 74.4 cm³/mol. The molecule has 0 unspecified atom stereocenters. The molecule has 1 aliphatic rings. The van der Waals surface area contributed by atoms with E-state index >= 15 is 0 Å². The summed E-state index contributed by atoms with van der Waals surface area (Å²) in [7, 11) is 0.0745. The highest BCUT2D eigenvalue weighted by Gasteiger charge is 2.42. The molecule has 3 rings (SSSR count). The van der Waals surface area contributed by atoms with Crippen LogP contribution in [0.5, 0.6) is 0 Å². The molecule has 0 atom stereocenters. The molecule has 0 aromatic heterocycles. The molecule has 0 spiro atoms. The zero-order valence-electron chi connectivity index (χ0n) is 10.5. The van der Waals surface area contributed by atoms with Crippen LogP contribution in [0.2, 0.25) is 6.82 Å². The van der Waals surface area contributed by atoms with Crippen LogP contribution >= 0.6 is 0 Å². The van der Waals surface area contributed by atoms with Crippen molar-refractivity contribution in [3.63, 3.8) is 0 Å². The third-order valence-corrected chi connectivity index (χ3v) is 3.53. The molecule has 1 saturated heterocycles. The molecule has 0 aliphatic carbocycles. The summed E-state index contributed by atoms with van der Waals surface area (Å²) in [5, 5.41) is 3.58. The molecular formula is C15H16BNO. The van der Waals surface area contributed by atoms with Crippen molar-refractivity contribution in [3.05, 3.63) is 71.8 Å². The first kappa shape index (κ1) is 11.5. The van der Waals surface area contributed by atoms with Gasteiger partial charge in [0.15, 0.2) is 0 Å². The van der Waals surface area contributed by atoms with Crippen LogP contribution in [0.25, 0.3) is 0 Å². The van der Waals surface area contributed by atoms with Crippen molar-refractivity contribution in [3.8, 4) is 0 Å². The van der Waals surface area contributed by atoms with Gasteiger partial charge in [-0.1, -0.05) is 60.7 Å². The maximum Gasteiger partial charge on any atom is 0.377 e. The Morgan fingerprint density at radius 3 is 1.83 bits per heavy atom. The molecule has 2 aromatic carbocycles. The second-order valence-corrected chi connectivity index (χ2v) is 4.73. The quantitative estimate of drug-likeness (QED) is 0.811. The third kappa shape index (κ3) is 1.86. The van der Waals surface area contributed by atoms with Gasteiger partial charge in [-0.2, -0.15) is 0 Å². The lowest BCUT2D eigenvalue weighted by Crippen LogP contribution is -2.44. The Labute approximate surface area is 108 Å². The lowest BCUT2D eigenvalue weighted by atomic mass is 9.79. The normalized spacial score (nSPS) is 17.9. The van der Waals surface area contributed by atoms with E-state index in [1.807, 2.05) is 19.0 Å². The van der Waals surface area contributed by atoms with Gasteiger partial charge in [-0.3, -0.25) is 0 Å². The van der Waals surface area contributed by atoms with Crippen LogP contribution in [0.3, 0.4) is 0 Å². The summed E-state index contributed by atoms with van der Waals surface area (Å²) >= 11 is 0. The smallest absolute Gasteiger partial charge is 0.377 e. The zero-order valence-corrected chi connectivity index (χ0v) is 10.5. The standard InChI is InChI=1S/C15H16BNO/c1-16-17-15(12-18-16,13-8-4-2-5-9-13)14-10-6-3-7-11-14/h2-11,17H,12H2,1H3. The molecule has 0 amide bonds. The molecule has 1 N–H and O–H groups in total. The van der Waals surface area contributed by atoms with Crippen molar-refractivity contribution in [1.29, 1.82) is 0 Å². The SMILES string of the molecule is CB1NC(c2ccccc2)(c2ccccc2)CO1. The molecule has 3 heteroatoms. The van der Waals surface area contributed by atoms with Crippen molar-refractivity contribution < 1.29 is 4.65 Å². The molecule has 1 fully saturated rings. The van der Waals surface area contributed by atoms with E-state index in [2.05, 4.69) is 53.8 Å². The van der Waals surface area contributed by atoms with Crippen LogP contribution in [0.1, 0.15) is 11.1 Å². The summed E-state index contributed by atoms with van der Waals surface area (Å²) < 4.78 is 5.77. The molecule has 1 aliphatic heterocycles. The average molecular weight is 237 g/mol. The van der Waals surface area contributed by atoms with Crippen LogP contribution in [0.15, 0.2) is 60.7 Å². The number of hydrogen-bond donors (Lipinski definition) is 1. The van der Waals surface area contributed by atoms with E-state index in [1.165, 1.54) is 11.1 Å². The number of nitrogens with one attached hydrogen (secondary N) is 1. The molecule has 2 nitrogen and oxygen atoms in total. The third-order valence-electron chi connectivity index (χ3n) is 3.53. The van der Waals surface area contributed by atoms with E-state index in [1.54, 1.807) is 0 Å². The fraction of sp³-hybridized carbons (Fsp3) is 0.200. The van der Waals surface area contributed by atoms with Gasteiger partial charge in [0.2, 0.25) is 0 Å². The molecule has 0 bridgehead atoms. The van der Waals surface area contributed by atoms with Crippen molar-refractivity contribution in [2.24, 2.45) is 0 Å². The molecule has 1 heterocycles. The van der Waals surface area contributed by atoms with Crippen LogP contribution in [0, 0.1) is 0 Å². The summed E-state index contributed by atoms with van der Waals surface area (Å²) in [6, 6.07) is 21.0. The monoisotopic (exact) mass is 237 g/mol. The van der Waals surface area contributed by atoms with Crippen molar-refractivity contribution in [1.82, 2.24) is 5.23 Å². The Kier molecular flexibility index (Phi) is 2.94. The van der Waals surface area contributed by atoms with Gasteiger partial charge in [0.05, 0.1) is 12.1 Å². The molecule has 90 valence electrons. The fourth-order valence-corrected chi connectivity index (χ4v) is 2.63. The van der Waals surface area contributed by atoms with Gasteiger partial charge in [-0.15, -0.1) is 0 Å². The first-order valence-electron chi connectivity index (χ1n) is 6.32. The summed E-state index contributed by atoms with van der Waals surface area (Å²) in [5.74, 6) is 0. The van der Waals surface area contributed by atoms with Crippen molar-refractivity contribution >= 4 is 7.05 Å². The van der Waals surface area contributed by atoms with Crippen LogP contribution in [-0.2, 0) is 10.2 Å². The molecular weight excluding hydrogens is 221 g/mol.